The lowest BCUT2D eigenvalue weighted by atomic mass is 10.2. The highest BCUT2D eigenvalue weighted by molar-refractivity contribution is 5.44. The summed E-state index contributed by atoms with van der Waals surface area (Å²) in [4.78, 5) is 0. The van der Waals surface area contributed by atoms with E-state index in [1.165, 1.54) is 6.07 Å². The summed E-state index contributed by atoms with van der Waals surface area (Å²) < 4.78 is 18.8. The minimum absolute atomic E-state index is 0.218. The summed E-state index contributed by atoms with van der Waals surface area (Å²) in [7, 11) is 0. The Labute approximate surface area is 96.8 Å². The van der Waals surface area contributed by atoms with E-state index in [0.29, 0.717) is 18.8 Å². The Balaban J connectivity index is 2.19. The van der Waals surface area contributed by atoms with Crippen LogP contribution in [0.3, 0.4) is 0 Å². The number of hydrogen-bond donors (Lipinski definition) is 1. The maximum atomic E-state index is 13.2. The van der Waals surface area contributed by atoms with Gasteiger partial charge in [0.15, 0.2) is 0 Å². The Morgan fingerprint density at radius 1 is 1.38 bits per heavy atom. The first-order valence-corrected chi connectivity index (χ1v) is 5.84. The van der Waals surface area contributed by atoms with Crippen molar-refractivity contribution in [1.82, 2.24) is 0 Å². The van der Waals surface area contributed by atoms with Crippen molar-refractivity contribution in [2.75, 3.05) is 18.5 Å². The molecule has 1 N–H and O–H groups in total. The van der Waals surface area contributed by atoms with Gasteiger partial charge in [-0.05, 0) is 25.5 Å². The van der Waals surface area contributed by atoms with E-state index in [0.717, 1.165) is 12.8 Å². The second-order valence-corrected chi connectivity index (χ2v) is 3.88. The minimum Gasteiger partial charge on any atom is -0.380 e. The van der Waals surface area contributed by atoms with Crippen LogP contribution in [0, 0.1) is 5.82 Å². The molecule has 0 aromatic heterocycles. The van der Waals surface area contributed by atoms with Crippen molar-refractivity contribution in [1.29, 1.82) is 0 Å². The standard InChI is InChI=1S/C13H20FNO/c1-3-6-11(2)16-10-9-15-13-8-5-4-7-12(13)14/h4-5,7-8,11,15H,3,6,9-10H2,1-2H3. The Bertz CT molecular complexity index is 304. The smallest absolute Gasteiger partial charge is 0.146 e. The molecule has 16 heavy (non-hydrogen) atoms. The van der Waals surface area contributed by atoms with Crippen LogP contribution in [0.15, 0.2) is 24.3 Å². The number of ether oxygens (including phenoxy) is 1. The van der Waals surface area contributed by atoms with Crippen LogP contribution in [-0.4, -0.2) is 19.3 Å². The van der Waals surface area contributed by atoms with Gasteiger partial charge in [0.1, 0.15) is 5.82 Å². The van der Waals surface area contributed by atoms with Gasteiger partial charge in [-0.3, -0.25) is 0 Å². The highest BCUT2D eigenvalue weighted by Gasteiger charge is 2.01. The first-order chi connectivity index (χ1) is 7.74. The van der Waals surface area contributed by atoms with Crippen LogP contribution in [0.5, 0.6) is 0 Å². The predicted molar refractivity (Wildman–Crippen MR) is 65.2 cm³/mol. The number of nitrogens with one attached hydrogen (secondary N) is 1. The van der Waals surface area contributed by atoms with Crippen LogP contribution >= 0.6 is 0 Å². The molecule has 1 unspecified atom stereocenters. The largest absolute Gasteiger partial charge is 0.380 e. The van der Waals surface area contributed by atoms with E-state index in [4.69, 9.17) is 4.74 Å². The SMILES string of the molecule is CCCC(C)OCCNc1ccccc1F. The number of rotatable bonds is 7. The molecule has 2 nitrogen and oxygen atoms in total. The van der Waals surface area contributed by atoms with Gasteiger partial charge in [0, 0.05) is 6.54 Å². The molecular weight excluding hydrogens is 205 g/mol. The highest BCUT2D eigenvalue weighted by atomic mass is 19.1. The third-order valence-electron chi connectivity index (χ3n) is 2.39. The number of para-hydroxylation sites is 1. The first-order valence-electron chi connectivity index (χ1n) is 5.84. The van der Waals surface area contributed by atoms with E-state index in [1.54, 1.807) is 12.1 Å². The fraction of sp³-hybridized carbons (Fsp3) is 0.538. The van der Waals surface area contributed by atoms with E-state index in [-0.39, 0.29) is 11.9 Å². The summed E-state index contributed by atoms with van der Waals surface area (Å²) in [6.07, 6.45) is 2.48. The number of benzene rings is 1. The zero-order chi connectivity index (χ0) is 11.8. The maximum Gasteiger partial charge on any atom is 0.146 e. The molecule has 0 saturated heterocycles. The molecule has 0 aliphatic heterocycles. The highest BCUT2D eigenvalue weighted by Crippen LogP contribution is 2.11. The monoisotopic (exact) mass is 225 g/mol. The summed E-state index contributed by atoms with van der Waals surface area (Å²) in [5.74, 6) is -0.218. The second kappa shape index (κ2) is 7.23. The van der Waals surface area contributed by atoms with Gasteiger partial charge >= 0.3 is 0 Å². The number of halogens is 1. The van der Waals surface area contributed by atoms with Gasteiger partial charge < -0.3 is 10.1 Å². The topological polar surface area (TPSA) is 21.3 Å². The molecule has 1 aromatic rings. The maximum absolute atomic E-state index is 13.2. The lowest BCUT2D eigenvalue weighted by Gasteiger charge is -2.13. The minimum atomic E-state index is -0.218. The Kier molecular flexibility index (Phi) is 5.86. The average molecular weight is 225 g/mol. The van der Waals surface area contributed by atoms with Crippen molar-refractivity contribution in [3.8, 4) is 0 Å². The second-order valence-electron chi connectivity index (χ2n) is 3.88. The molecule has 0 aliphatic rings. The summed E-state index contributed by atoms with van der Waals surface area (Å²) in [5, 5.41) is 3.01. The van der Waals surface area contributed by atoms with E-state index >= 15 is 0 Å². The summed E-state index contributed by atoms with van der Waals surface area (Å²) in [5.41, 5.74) is 0.536. The van der Waals surface area contributed by atoms with Crippen molar-refractivity contribution >= 4 is 5.69 Å². The van der Waals surface area contributed by atoms with Crippen LogP contribution in [0.2, 0.25) is 0 Å². The Hall–Kier alpha value is -1.09. The van der Waals surface area contributed by atoms with E-state index in [2.05, 4.69) is 19.2 Å². The van der Waals surface area contributed by atoms with Crippen molar-refractivity contribution < 1.29 is 9.13 Å². The molecule has 0 saturated carbocycles. The van der Waals surface area contributed by atoms with Crippen molar-refractivity contribution in [2.24, 2.45) is 0 Å². The van der Waals surface area contributed by atoms with E-state index in [9.17, 15) is 4.39 Å². The van der Waals surface area contributed by atoms with Crippen LogP contribution < -0.4 is 5.32 Å². The summed E-state index contributed by atoms with van der Waals surface area (Å²) in [6.45, 7) is 5.44. The first kappa shape index (κ1) is 13.0. The van der Waals surface area contributed by atoms with Gasteiger partial charge in [0.2, 0.25) is 0 Å². The molecule has 0 radical (unpaired) electrons. The van der Waals surface area contributed by atoms with Crippen LogP contribution in [0.1, 0.15) is 26.7 Å². The number of hydrogen-bond acceptors (Lipinski definition) is 2. The molecule has 0 amide bonds. The molecular formula is C13H20FNO. The number of anilines is 1. The molecule has 0 heterocycles. The summed E-state index contributed by atoms with van der Waals surface area (Å²) in [6, 6.07) is 6.67. The predicted octanol–water partition coefficient (Wildman–Crippen LogP) is 3.44. The summed E-state index contributed by atoms with van der Waals surface area (Å²) >= 11 is 0. The van der Waals surface area contributed by atoms with Gasteiger partial charge in [-0.25, -0.2) is 4.39 Å². The van der Waals surface area contributed by atoms with E-state index < -0.39 is 0 Å². The van der Waals surface area contributed by atoms with Gasteiger partial charge in [-0.1, -0.05) is 25.5 Å². The molecule has 0 aliphatic carbocycles. The molecule has 1 atom stereocenters. The third-order valence-corrected chi connectivity index (χ3v) is 2.39. The fourth-order valence-electron chi connectivity index (χ4n) is 1.54. The normalized spacial score (nSPS) is 12.4. The fourth-order valence-corrected chi connectivity index (χ4v) is 1.54. The lowest BCUT2D eigenvalue weighted by Crippen LogP contribution is -2.15. The average Bonchev–Trinajstić information content (AvgIpc) is 2.27. The zero-order valence-corrected chi connectivity index (χ0v) is 10.0. The van der Waals surface area contributed by atoms with Crippen LogP contribution in [0.4, 0.5) is 10.1 Å². The van der Waals surface area contributed by atoms with Crippen molar-refractivity contribution in [3.05, 3.63) is 30.1 Å². The van der Waals surface area contributed by atoms with Gasteiger partial charge in [0.25, 0.3) is 0 Å². The Morgan fingerprint density at radius 2 is 2.12 bits per heavy atom. The van der Waals surface area contributed by atoms with Gasteiger partial charge in [-0.2, -0.15) is 0 Å². The van der Waals surface area contributed by atoms with Gasteiger partial charge in [-0.15, -0.1) is 0 Å². The molecule has 90 valence electrons. The van der Waals surface area contributed by atoms with E-state index in [1.807, 2.05) is 6.07 Å². The molecule has 0 spiro atoms. The van der Waals surface area contributed by atoms with Crippen molar-refractivity contribution in [2.45, 2.75) is 32.8 Å². The molecule has 1 aromatic carbocycles. The van der Waals surface area contributed by atoms with Crippen LogP contribution in [0.25, 0.3) is 0 Å². The van der Waals surface area contributed by atoms with Crippen molar-refractivity contribution in [3.63, 3.8) is 0 Å². The molecule has 1 rings (SSSR count). The van der Waals surface area contributed by atoms with Gasteiger partial charge in [0.05, 0.1) is 18.4 Å². The van der Waals surface area contributed by atoms with Crippen LogP contribution in [-0.2, 0) is 4.74 Å². The zero-order valence-electron chi connectivity index (χ0n) is 10.0. The molecule has 0 fully saturated rings. The molecule has 0 bridgehead atoms. The molecule has 3 heteroatoms. The third kappa shape index (κ3) is 4.62. The quantitative estimate of drug-likeness (QED) is 0.718. The lowest BCUT2D eigenvalue weighted by molar-refractivity contribution is 0.0673. The Morgan fingerprint density at radius 3 is 2.81 bits per heavy atom.